The van der Waals surface area contributed by atoms with Crippen molar-refractivity contribution in [3.63, 3.8) is 0 Å². The predicted molar refractivity (Wildman–Crippen MR) is 64.3 cm³/mol. The number of rotatable bonds is 2. The number of aliphatic hydroxyl groups is 1. The van der Waals surface area contributed by atoms with Crippen molar-refractivity contribution in [3.05, 3.63) is 35.6 Å². The maximum Gasteiger partial charge on any atom is 0.123 e. The molecule has 1 N–H and O–H groups in total. The van der Waals surface area contributed by atoms with Gasteiger partial charge in [-0.15, -0.1) is 0 Å². The van der Waals surface area contributed by atoms with Gasteiger partial charge in [-0.1, -0.05) is 12.1 Å². The van der Waals surface area contributed by atoms with E-state index in [1.165, 1.54) is 18.6 Å². The largest absolute Gasteiger partial charge is 0.388 e. The van der Waals surface area contributed by atoms with Crippen molar-refractivity contribution in [1.82, 2.24) is 4.90 Å². The highest BCUT2D eigenvalue weighted by Crippen LogP contribution is 2.38. The monoisotopic (exact) mass is 235 g/mol. The maximum absolute atomic E-state index is 12.8. The molecule has 2 aliphatic heterocycles. The van der Waals surface area contributed by atoms with Gasteiger partial charge in [-0.25, -0.2) is 4.39 Å². The van der Waals surface area contributed by atoms with Gasteiger partial charge >= 0.3 is 0 Å². The Morgan fingerprint density at radius 2 is 2.06 bits per heavy atom. The van der Waals surface area contributed by atoms with Crippen LogP contribution >= 0.6 is 0 Å². The van der Waals surface area contributed by atoms with Gasteiger partial charge in [-0.3, -0.25) is 4.90 Å². The van der Waals surface area contributed by atoms with Crippen LogP contribution in [0.2, 0.25) is 0 Å². The van der Waals surface area contributed by atoms with Crippen LogP contribution in [0.15, 0.2) is 24.3 Å². The fourth-order valence-electron chi connectivity index (χ4n) is 3.37. The van der Waals surface area contributed by atoms with Crippen LogP contribution in [-0.4, -0.2) is 34.7 Å². The van der Waals surface area contributed by atoms with Gasteiger partial charge in [-0.2, -0.15) is 0 Å². The molecular weight excluding hydrogens is 217 g/mol. The molecule has 2 heterocycles. The van der Waals surface area contributed by atoms with E-state index in [1.807, 2.05) is 0 Å². The zero-order chi connectivity index (χ0) is 11.9. The van der Waals surface area contributed by atoms with Crippen LogP contribution in [0.4, 0.5) is 4.39 Å². The lowest BCUT2D eigenvalue weighted by molar-refractivity contribution is 0.0141. The molecule has 0 aromatic heterocycles. The lowest BCUT2D eigenvalue weighted by Crippen LogP contribution is -2.42. The Morgan fingerprint density at radius 1 is 1.29 bits per heavy atom. The second-order valence-electron chi connectivity index (χ2n) is 5.35. The third-order valence-electron chi connectivity index (χ3n) is 4.24. The van der Waals surface area contributed by atoms with Crippen molar-refractivity contribution in [1.29, 1.82) is 0 Å². The summed E-state index contributed by atoms with van der Waals surface area (Å²) in [5.41, 5.74) is 0.427. The maximum atomic E-state index is 12.8. The Balaban J connectivity index is 1.77. The van der Waals surface area contributed by atoms with Gasteiger partial charge in [0.1, 0.15) is 5.82 Å². The second-order valence-corrected chi connectivity index (χ2v) is 5.35. The smallest absolute Gasteiger partial charge is 0.123 e. The van der Waals surface area contributed by atoms with Crippen molar-refractivity contribution in [2.24, 2.45) is 0 Å². The molecule has 3 heteroatoms. The van der Waals surface area contributed by atoms with Gasteiger partial charge in [0.05, 0.1) is 5.60 Å². The van der Waals surface area contributed by atoms with E-state index in [-0.39, 0.29) is 5.82 Å². The molecular formula is C14H18FNO. The van der Waals surface area contributed by atoms with Crippen LogP contribution in [0.3, 0.4) is 0 Å². The minimum absolute atomic E-state index is 0.213. The number of fused-ring (bicyclic) bond motifs is 1. The summed E-state index contributed by atoms with van der Waals surface area (Å²) < 4.78 is 12.8. The molecule has 2 atom stereocenters. The Bertz CT molecular complexity index is 405. The number of halogens is 1. The Kier molecular flexibility index (Phi) is 2.68. The SMILES string of the molecule is OC1(Cc2ccc(F)cc2)CCN2CCCC21. The van der Waals surface area contributed by atoms with E-state index >= 15 is 0 Å². The van der Waals surface area contributed by atoms with E-state index in [4.69, 9.17) is 0 Å². The standard InChI is InChI=1S/C14H18FNO/c15-12-5-3-11(4-6-12)10-14(17)7-9-16-8-1-2-13(14)16/h3-6,13,17H,1-2,7-10H2. The molecule has 2 saturated heterocycles. The van der Waals surface area contributed by atoms with E-state index in [9.17, 15) is 9.50 Å². The minimum Gasteiger partial charge on any atom is -0.388 e. The molecule has 2 fully saturated rings. The van der Waals surface area contributed by atoms with Crippen LogP contribution in [0, 0.1) is 5.82 Å². The number of benzene rings is 1. The first kappa shape index (κ1) is 11.2. The molecule has 0 spiro atoms. The molecule has 2 nitrogen and oxygen atoms in total. The van der Waals surface area contributed by atoms with Gasteiger partial charge in [-0.05, 0) is 43.5 Å². The fourth-order valence-corrected chi connectivity index (χ4v) is 3.37. The minimum atomic E-state index is -0.603. The van der Waals surface area contributed by atoms with E-state index < -0.39 is 5.60 Å². The third kappa shape index (κ3) is 1.98. The summed E-state index contributed by atoms with van der Waals surface area (Å²) in [4.78, 5) is 2.39. The second kappa shape index (κ2) is 4.07. The molecule has 0 bridgehead atoms. The van der Waals surface area contributed by atoms with Crippen LogP contribution in [0.1, 0.15) is 24.8 Å². The molecule has 1 aromatic rings. The average molecular weight is 235 g/mol. The van der Waals surface area contributed by atoms with Crippen LogP contribution in [0.25, 0.3) is 0 Å². The van der Waals surface area contributed by atoms with Gasteiger partial charge in [0, 0.05) is 19.0 Å². The van der Waals surface area contributed by atoms with Crippen LogP contribution < -0.4 is 0 Å². The quantitative estimate of drug-likeness (QED) is 0.847. The fraction of sp³-hybridized carbons (Fsp3) is 0.571. The zero-order valence-corrected chi connectivity index (χ0v) is 9.90. The number of hydrogen-bond donors (Lipinski definition) is 1. The molecule has 0 saturated carbocycles. The van der Waals surface area contributed by atoms with Crippen molar-refractivity contribution in [3.8, 4) is 0 Å². The van der Waals surface area contributed by atoms with E-state index in [2.05, 4.69) is 4.90 Å². The molecule has 17 heavy (non-hydrogen) atoms. The van der Waals surface area contributed by atoms with Crippen LogP contribution in [0.5, 0.6) is 0 Å². The summed E-state index contributed by atoms with van der Waals surface area (Å²) in [5.74, 6) is -0.213. The topological polar surface area (TPSA) is 23.5 Å². The third-order valence-corrected chi connectivity index (χ3v) is 4.24. The highest BCUT2D eigenvalue weighted by atomic mass is 19.1. The van der Waals surface area contributed by atoms with Crippen molar-refractivity contribution < 1.29 is 9.50 Å². The molecule has 0 amide bonds. The molecule has 92 valence electrons. The predicted octanol–water partition coefficient (Wildman–Crippen LogP) is 1.97. The Hall–Kier alpha value is -0.930. The number of hydrogen-bond acceptors (Lipinski definition) is 2. The van der Waals surface area contributed by atoms with Crippen LogP contribution in [-0.2, 0) is 6.42 Å². The summed E-state index contributed by atoms with van der Waals surface area (Å²) in [6, 6.07) is 6.82. The van der Waals surface area contributed by atoms with Crippen molar-refractivity contribution >= 4 is 0 Å². The van der Waals surface area contributed by atoms with Gasteiger partial charge in [0.25, 0.3) is 0 Å². The summed E-state index contributed by atoms with van der Waals surface area (Å²) in [6.07, 6.45) is 3.78. The first-order valence-corrected chi connectivity index (χ1v) is 6.38. The Morgan fingerprint density at radius 3 is 2.82 bits per heavy atom. The highest BCUT2D eigenvalue weighted by molar-refractivity contribution is 5.20. The molecule has 2 unspecified atom stereocenters. The van der Waals surface area contributed by atoms with Gasteiger partial charge < -0.3 is 5.11 Å². The lowest BCUT2D eigenvalue weighted by Gasteiger charge is -2.30. The zero-order valence-electron chi connectivity index (χ0n) is 9.90. The Labute approximate surface area is 101 Å². The van der Waals surface area contributed by atoms with Crippen molar-refractivity contribution in [2.45, 2.75) is 37.3 Å². The first-order chi connectivity index (χ1) is 8.17. The van der Waals surface area contributed by atoms with E-state index in [1.54, 1.807) is 12.1 Å². The molecule has 0 aliphatic carbocycles. The van der Waals surface area contributed by atoms with Gasteiger partial charge in [0.2, 0.25) is 0 Å². The van der Waals surface area contributed by atoms with E-state index in [0.717, 1.165) is 31.5 Å². The summed E-state index contributed by atoms with van der Waals surface area (Å²) in [7, 11) is 0. The summed E-state index contributed by atoms with van der Waals surface area (Å²) in [5, 5.41) is 10.7. The average Bonchev–Trinajstić information content (AvgIpc) is 2.88. The lowest BCUT2D eigenvalue weighted by atomic mass is 9.86. The molecule has 0 radical (unpaired) electrons. The summed E-state index contributed by atoms with van der Waals surface area (Å²) in [6.45, 7) is 2.12. The highest BCUT2D eigenvalue weighted by Gasteiger charge is 2.47. The molecule has 1 aromatic carbocycles. The first-order valence-electron chi connectivity index (χ1n) is 6.38. The number of nitrogens with zero attached hydrogens (tertiary/aromatic N) is 1. The summed E-state index contributed by atoms with van der Waals surface area (Å²) >= 11 is 0. The van der Waals surface area contributed by atoms with Gasteiger partial charge in [0.15, 0.2) is 0 Å². The molecule has 2 aliphatic rings. The normalized spacial score (nSPS) is 32.9. The van der Waals surface area contributed by atoms with E-state index in [0.29, 0.717) is 12.5 Å². The molecule has 3 rings (SSSR count). The van der Waals surface area contributed by atoms with Crippen molar-refractivity contribution in [2.75, 3.05) is 13.1 Å².